The summed E-state index contributed by atoms with van der Waals surface area (Å²) in [6.45, 7) is 0. The number of hydrogen-bond donors (Lipinski definition) is 1. The van der Waals surface area contributed by atoms with Crippen molar-refractivity contribution in [1.29, 1.82) is 0 Å². The summed E-state index contributed by atoms with van der Waals surface area (Å²) in [7, 11) is -1.46. The molecule has 13 heavy (non-hydrogen) atoms. The number of benzene rings is 1. The van der Waals surface area contributed by atoms with E-state index in [1.807, 2.05) is 0 Å². The van der Waals surface area contributed by atoms with Crippen molar-refractivity contribution in [3.63, 3.8) is 0 Å². The molecule has 0 aliphatic heterocycles. The third kappa shape index (κ3) is 2.95. The highest BCUT2D eigenvalue weighted by molar-refractivity contribution is 7.85. The van der Waals surface area contributed by atoms with E-state index < -0.39 is 22.5 Å². The van der Waals surface area contributed by atoms with Gasteiger partial charge < -0.3 is 5.73 Å². The maximum atomic E-state index is 12.4. The van der Waals surface area contributed by atoms with Gasteiger partial charge in [0.25, 0.3) is 0 Å². The van der Waals surface area contributed by atoms with E-state index in [0.717, 1.165) is 0 Å². The highest BCUT2D eigenvalue weighted by atomic mass is 32.2. The molecule has 5 heteroatoms. The van der Waals surface area contributed by atoms with Gasteiger partial charge in [-0.1, -0.05) is 0 Å². The van der Waals surface area contributed by atoms with E-state index >= 15 is 0 Å². The van der Waals surface area contributed by atoms with E-state index in [1.54, 1.807) is 0 Å². The Kier molecular flexibility index (Phi) is 3.13. The Morgan fingerprint density at radius 1 is 1.38 bits per heavy atom. The van der Waals surface area contributed by atoms with Crippen molar-refractivity contribution in [3.05, 3.63) is 30.1 Å². The third-order valence-corrected chi connectivity index (χ3v) is 2.69. The van der Waals surface area contributed by atoms with Crippen molar-refractivity contribution in [2.75, 3.05) is 5.75 Å². The van der Waals surface area contributed by atoms with Crippen molar-refractivity contribution in [2.24, 2.45) is 5.73 Å². The topological polar surface area (TPSA) is 60.2 Å². The summed E-state index contributed by atoms with van der Waals surface area (Å²) in [6, 6.07) is 5.12. The maximum Gasteiger partial charge on any atom is 0.230 e. The summed E-state index contributed by atoms with van der Waals surface area (Å²) in [5, 5.41) is 0. The molecule has 0 aliphatic carbocycles. The summed E-state index contributed by atoms with van der Waals surface area (Å²) in [5.74, 6) is -1.27. The van der Waals surface area contributed by atoms with Crippen molar-refractivity contribution >= 4 is 16.7 Å². The van der Waals surface area contributed by atoms with Crippen LogP contribution in [0.15, 0.2) is 29.2 Å². The molecule has 0 bridgehead atoms. The molecule has 2 N–H and O–H groups in total. The number of rotatable bonds is 3. The minimum atomic E-state index is -1.46. The monoisotopic (exact) mass is 201 g/mol. The van der Waals surface area contributed by atoms with Gasteiger partial charge in [0.1, 0.15) is 11.6 Å². The second kappa shape index (κ2) is 4.13. The van der Waals surface area contributed by atoms with Crippen LogP contribution in [0.5, 0.6) is 0 Å². The summed E-state index contributed by atoms with van der Waals surface area (Å²) < 4.78 is 23.7. The van der Waals surface area contributed by atoms with E-state index in [4.69, 9.17) is 5.73 Å². The van der Waals surface area contributed by atoms with Gasteiger partial charge in [-0.05, 0) is 24.3 Å². The Hall–Kier alpha value is -1.23. The summed E-state index contributed by atoms with van der Waals surface area (Å²) in [5.41, 5.74) is 4.85. The molecular formula is C8H8FNO2S. The molecule has 70 valence electrons. The first-order chi connectivity index (χ1) is 6.09. The second-order valence-corrected chi connectivity index (χ2v) is 3.86. The third-order valence-electron chi connectivity index (χ3n) is 1.35. The summed E-state index contributed by atoms with van der Waals surface area (Å²) >= 11 is 0. The molecule has 1 unspecified atom stereocenters. The van der Waals surface area contributed by atoms with E-state index in [0.29, 0.717) is 4.90 Å². The average molecular weight is 201 g/mol. The van der Waals surface area contributed by atoms with Crippen molar-refractivity contribution in [3.8, 4) is 0 Å². The molecule has 1 aromatic rings. The number of amides is 1. The average Bonchev–Trinajstić information content (AvgIpc) is 2.04. The molecular weight excluding hydrogens is 193 g/mol. The Bertz CT molecular complexity index is 337. The van der Waals surface area contributed by atoms with Crippen LogP contribution in [0.4, 0.5) is 4.39 Å². The molecule has 0 aromatic heterocycles. The smallest absolute Gasteiger partial charge is 0.230 e. The molecule has 0 heterocycles. The molecule has 0 saturated heterocycles. The largest absolute Gasteiger partial charge is 0.369 e. The fraction of sp³-hybridized carbons (Fsp3) is 0.125. The minimum absolute atomic E-state index is 0.231. The predicted molar refractivity (Wildman–Crippen MR) is 46.9 cm³/mol. The normalized spacial score (nSPS) is 12.4. The number of primary amides is 1. The zero-order chi connectivity index (χ0) is 9.84. The van der Waals surface area contributed by atoms with E-state index in [2.05, 4.69) is 0 Å². The van der Waals surface area contributed by atoms with Gasteiger partial charge in [0.05, 0.1) is 10.8 Å². The van der Waals surface area contributed by atoms with Gasteiger partial charge in [-0.15, -0.1) is 0 Å². The van der Waals surface area contributed by atoms with Gasteiger partial charge in [0.15, 0.2) is 0 Å². The Morgan fingerprint density at radius 2 is 1.92 bits per heavy atom. The second-order valence-electron chi connectivity index (χ2n) is 2.41. The van der Waals surface area contributed by atoms with Crippen LogP contribution in [0.2, 0.25) is 0 Å². The van der Waals surface area contributed by atoms with Gasteiger partial charge in [0.2, 0.25) is 5.91 Å². The lowest BCUT2D eigenvalue weighted by Crippen LogP contribution is -2.19. The van der Waals surface area contributed by atoms with Crippen LogP contribution in [0.1, 0.15) is 0 Å². The Morgan fingerprint density at radius 3 is 2.38 bits per heavy atom. The lowest BCUT2D eigenvalue weighted by atomic mass is 10.4. The van der Waals surface area contributed by atoms with Crippen molar-refractivity contribution < 1.29 is 13.4 Å². The van der Waals surface area contributed by atoms with Crippen molar-refractivity contribution in [2.45, 2.75) is 4.90 Å². The van der Waals surface area contributed by atoms with Crippen molar-refractivity contribution in [1.82, 2.24) is 0 Å². The molecule has 0 saturated carbocycles. The summed E-state index contributed by atoms with van der Waals surface area (Å²) in [4.78, 5) is 10.8. The van der Waals surface area contributed by atoms with Gasteiger partial charge >= 0.3 is 0 Å². The van der Waals surface area contributed by atoms with Crippen LogP contribution in [-0.4, -0.2) is 15.9 Å². The fourth-order valence-electron chi connectivity index (χ4n) is 0.799. The molecule has 1 amide bonds. The molecule has 0 aliphatic rings. The highest BCUT2D eigenvalue weighted by Gasteiger charge is 2.06. The lowest BCUT2D eigenvalue weighted by Gasteiger charge is -1.98. The standard InChI is InChI=1S/C8H8FNO2S/c9-6-1-3-7(4-2-6)13(12)5-8(10)11/h1-4H,5H2,(H2,10,11). The molecule has 1 rings (SSSR count). The van der Waals surface area contributed by atoms with Crippen LogP contribution in [0, 0.1) is 5.82 Å². The lowest BCUT2D eigenvalue weighted by molar-refractivity contribution is -0.115. The molecule has 1 atom stereocenters. The molecule has 0 spiro atoms. The number of hydrogen-bond acceptors (Lipinski definition) is 2. The van der Waals surface area contributed by atoms with Crippen LogP contribution < -0.4 is 5.73 Å². The first kappa shape index (κ1) is 9.85. The Balaban J connectivity index is 2.78. The molecule has 0 radical (unpaired) electrons. The van der Waals surface area contributed by atoms with Crippen LogP contribution >= 0.6 is 0 Å². The number of halogens is 1. The predicted octanol–water partition coefficient (Wildman–Crippen LogP) is 0.419. The minimum Gasteiger partial charge on any atom is -0.369 e. The first-order valence-corrected chi connectivity index (χ1v) is 4.84. The van der Waals surface area contributed by atoms with Crippen LogP contribution in [0.3, 0.4) is 0 Å². The van der Waals surface area contributed by atoms with Crippen LogP contribution in [0.25, 0.3) is 0 Å². The maximum absolute atomic E-state index is 12.4. The highest BCUT2D eigenvalue weighted by Crippen LogP contribution is 2.07. The Labute approximate surface area is 77.2 Å². The van der Waals surface area contributed by atoms with Gasteiger partial charge in [0, 0.05) is 4.90 Å². The SMILES string of the molecule is NC(=O)CS(=O)c1ccc(F)cc1. The summed E-state index contributed by atoms with van der Waals surface area (Å²) in [6.07, 6.45) is 0. The van der Waals surface area contributed by atoms with Crippen LogP contribution in [-0.2, 0) is 15.6 Å². The van der Waals surface area contributed by atoms with E-state index in [-0.39, 0.29) is 5.75 Å². The van der Waals surface area contributed by atoms with E-state index in [1.165, 1.54) is 24.3 Å². The molecule has 1 aromatic carbocycles. The molecule has 3 nitrogen and oxygen atoms in total. The fourth-order valence-corrected chi connectivity index (χ4v) is 1.66. The molecule has 0 fully saturated rings. The van der Waals surface area contributed by atoms with E-state index in [9.17, 15) is 13.4 Å². The van der Waals surface area contributed by atoms with Gasteiger partial charge in [-0.2, -0.15) is 0 Å². The zero-order valence-corrected chi connectivity index (χ0v) is 7.51. The number of carbonyl (C=O) groups excluding carboxylic acids is 1. The zero-order valence-electron chi connectivity index (χ0n) is 6.70. The quantitative estimate of drug-likeness (QED) is 0.770. The number of nitrogens with two attached hydrogens (primary N) is 1. The van der Waals surface area contributed by atoms with Gasteiger partial charge in [-0.25, -0.2) is 4.39 Å². The number of carbonyl (C=O) groups is 1. The first-order valence-electron chi connectivity index (χ1n) is 3.52. The van der Waals surface area contributed by atoms with Gasteiger partial charge in [-0.3, -0.25) is 9.00 Å².